The standard InChI is InChI=1S/C6H11FO/c1-6(5-7)3-2-4-8/h4,6H,2-3,5H2,1H3. The number of halogens is 1. The number of aldehydes is 1. The second-order valence-corrected chi connectivity index (χ2v) is 2.00. The molecule has 1 nitrogen and oxygen atoms in total. The van der Waals surface area contributed by atoms with Gasteiger partial charge in [-0.2, -0.15) is 0 Å². The van der Waals surface area contributed by atoms with E-state index in [1.165, 1.54) is 0 Å². The Kier molecular flexibility index (Phi) is 4.51. The zero-order valence-electron chi connectivity index (χ0n) is 5.06. The van der Waals surface area contributed by atoms with Crippen molar-refractivity contribution >= 4 is 6.29 Å². The number of alkyl halides is 1. The van der Waals surface area contributed by atoms with Crippen LogP contribution in [-0.2, 0) is 4.79 Å². The van der Waals surface area contributed by atoms with Gasteiger partial charge in [-0.1, -0.05) is 6.92 Å². The highest BCUT2D eigenvalue weighted by Gasteiger charge is 1.97. The lowest BCUT2D eigenvalue weighted by Crippen LogP contribution is -1.95. The SMILES string of the molecule is CC(CF)CCC=O. The summed E-state index contributed by atoms with van der Waals surface area (Å²) < 4.78 is 11.6. The smallest absolute Gasteiger partial charge is 0.120 e. The van der Waals surface area contributed by atoms with Crippen molar-refractivity contribution in [2.45, 2.75) is 19.8 Å². The lowest BCUT2D eigenvalue weighted by atomic mass is 10.1. The van der Waals surface area contributed by atoms with Gasteiger partial charge in [0.05, 0.1) is 6.67 Å². The van der Waals surface area contributed by atoms with Crippen molar-refractivity contribution in [1.82, 2.24) is 0 Å². The molecule has 8 heavy (non-hydrogen) atoms. The molecule has 2 heteroatoms. The van der Waals surface area contributed by atoms with Crippen molar-refractivity contribution in [1.29, 1.82) is 0 Å². The first kappa shape index (κ1) is 7.60. The first-order valence-electron chi connectivity index (χ1n) is 2.81. The van der Waals surface area contributed by atoms with E-state index in [1.807, 2.05) is 0 Å². The van der Waals surface area contributed by atoms with Crippen LogP contribution < -0.4 is 0 Å². The molecule has 0 aliphatic rings. The molecule has 48 valence electrons. The monoisotopic (exact) mass is 118 g/mol. The molecule has 0 aromatic carbocycles. The molecule has 0 amide bonds. The summed E-state index contributed by atoms with van der Waals surface area (Å²) >= 11 is 0. The fourth-order valence-electron chi connectivity index (χ4n) is 0.430. The van der Waals surface area contributed by atoms with Gasteiger partial charge in [-0.05, 0) is 12.3 Å². The Morgan fingerprint density at radius 2 is 2.38 bits per heavy atom. The molecule has 1 atom stereocenters. The maximum atomic E-state index is 11.6. The third-order valence-corrected chi connectivity index (χ3v) is 1.04. The highest BCUT2D eigenvalue weighted by molar-refractivity contribution is 5.49. The highest BCUT2D eigenvalue weighted by atomic mass is 19.1. The van der Waals surface area contributed by atoms with Gasteiger partial charge in [-0.25, -0.2) is 0 Å². The number of hydrogen-bond acceptors (Lipinski definition) is 1. The molecule has 0 radical (unpaired) electrons. The topological polar surface area (TPSA) is 17.1 Å². The summed E-state index contributed by atoms with van der Waals surface area (Å²) in [4.78, 5) is 9.70. The lowest BCUT2D eigenvalue weighted by molar-refractivity contribution is -0.108. The summed E-state index contributed by atoms with van der Waals surface area (Å²) in [5, 5.41) is 0. The summed E-state index contributed by atoms with van der Waals surface area (Å²) in [6.45, 7) is 1.48. The molecule has 0 bridgehead atoms. The van der Waals surface area contributed by atoms with E-state index in [0.29, 0.717) is 12.8 Å². The van der Waals surface area contributed by atoms with Crippen LogP contribution in [-0.4, -0.2) is 13.0 Å². The third-order valence-electron chi connectivity index (χ3n) is 1.04. The summed E-state index contributed by atoms with van der Waals surface area (Å²) in [5.41, 5.74) is 0. The minimum absolute atomic E-state index is 0.0557. The minimum Gasteiger partial charge on any atom is -0.303 e. The van der Waals surface area contributed by atoms with Crippen molar-refractivity contribution in [3.8, 4) is 0 Å². The van der Waals surface area contributed by atoms with Gasteiger partial charge in [0.25, 0.3) is 0 Å². The van der Waals surface area contributed by atoms with Crippen molar-refractivity contribution in [3.63, 3.8) is 0 Å². The fourth-order valence-corrected chi connectivity index (χ4v) is 0.430. The Hall–Kier alpha value is -0.400. The van der Waals surface area contributed by atoms with Gasteiger partial charge in [0.2, 0.25) is 0 Å². The molecule has 1 unspecified atom stereocenters. The lowest BCUT2D eigenvalue weighted by Gasteiger charge is -1.99. The first-order valence-corrected chi connectivity index (χ1v) is 2.81. The van der Waals surface area contributed by atoms with Gasteiger partial charge >= 0.3 is 0 Å². The molecule has 0 fully saturated rings. The van der Waals surface area contributed by atoms with E-state index >= 15 is 0 Å². The Bertz CT molecular complexity index is 63.5. The molecule has 0 aromatic rings. The number of carbonyl (C=O) groups excluding carboxylic acids is 1. The average molecular weight is 118 g/mol. The van der Waals surface area contributed by atoms with Crippen LogP contribution in [0.15, 0.2) is 0 Å². The van der Waals surface area contributed by atoms with E-state index in [-0.39, 0.29) is 12.6 Å². The van der Waals surface area contributed by atoms with E-state index < -0.39 is 0 Å². The van der Waals surface area contributed by atoms with Gasteiger partial charge in [0, 0.05) is 6.42 Å². The van der Waals surface area contributed by atoms with Gasteiger partial charge in [0.15, 0.2) is 0 Å². The highest BCUT2D eigenvalue weighted by Crippen LogP contribution is 2.02. The van der Waals surface area contributed by atoms with E-state index in [4.69, 9.17) is 0 Å². The van der Waals surface area contributed by atoms with E-state index in [2.05, 4.69) is 0 Å². The van der Waals surface area contributed by atoms with Crippen LogP contribution in [0, 0.1) is 5.92 Å². The van der Waals surface area contributed by atoms with E-state index in [1.54, 1.807) is 6.92 Å². The number of rotatable bonds is 4. The molecule has 0 N–H and O–H groups in total. The Balaban J connectivity index is 2.97. The van der Waals surface area contributed by atoms with Gasteiger partial charge < -0.3 is 4.79 Å². The molecule has 0 aromatic heterocycles. The molecule has 0 spiro atoms. The van der Waals surface area contributed by atoms with E-state index in [9.17, 15) is 9.18 Å². The molecule has 0 saturated carbocycles. The van der Waals surface area contributed by atoms with Crippen molar-refractivity contribution < 1.29 is 9.18 Å². The van der Waals surface area contributed by atoms with Crippen molar-refractivity contribution in [2.75, 3.05) is 6.67 Å². The normalized spacial score (nSPS) is 13.2. The summed E-state index contributed by atoms with van der Waals surface area (Å²) in [7, 11) is 0. The minimum atomic E-state index is -0.312. The Labute approximate surface area is 48.9 Å². The maximum absolute atomic E-state index is 11.6. The molecule has 0 aliphatic carbocycles. The molecule has 0 heterocycles. The molecular formula is C6H11FO. The van der Waals surface area contributed by atoms with E-state index in [0.717, 1.165) is 6.29 Å². The van der Waals surface area contributed by atoms with Crippen LogP contribution in [0.1, 0.15) is 19.8 Å². The predicted molar refractivity (Wildman–Crippen MR) is 30.4 cm³/mol. The zero-order valence-corrected chi connectivity index (χ0v) is 5.06. The molecular weight excluding hydrogens is 107 g/mol. The maximum Gasteiger partial charge on any atom is 0.120 e. The molecule has 0 rings (SSSR count). The Morgan fingerprint density at radius 1 is 1.75 bits per heavy atom. The number of hydrogen-bond donors (Lipinski definition) is 0. The van der Waals surface area contributed by atoms with Gasteiger partial charge in [-0.3, -0.25) is 4.39 Å². The van der Waals surface area contributed by atoms with Crippen LogP contribution in [0.4, 0.5) is 4.39 Å². The van der Waals surface area contributed by atoms with Crippen LogP contribution >= 0.6 is 0 Å². The third kappa shape index (κ3) is 3.78. The van der Waals surface area contributed by atoms with Crippen LogP contribution in [0.3, 0.4) is 0 Å². The van der Waals surface area contributed by atoms with Gasteiger partial charge in [-0.15, -0.1) is 0 Å². The fraction of sp³-hybridized carbons (Fsp3) is 0.833. The summed E-state index contributed by atoms with van der Waals surface area (Å²) in [6, 6.07) is 0. The molecule has 0 saturated heterocycles. The Morgan fingerprint density at radius 3 is 2.75 bits per heavy atom. The summed E-state index contributed by atoms with van der Waals surface area (Å²) in [5.74, 6) is 0.0557. The second-order valence-electron chi connectivity index (χ2n) is 2.00. The quantitative estimate of drug-likeness (QED) is 0.512. The zero-order chi connectivity index (χ0) is 6.41. The van der Waals surface area contributed by atoms with Gasteiger partial charge in [0.1, 0.15) is 6.29 Å². The predicted octanol–water partition coefficient (Wildman–Crippen LogP) is 1.57. The van der Waals surface area contributed by atoms with Crippen LogP contribution in [0.5, 0.6) is 0 Å². The van der Waals surface area contributed by atoms with Crippen LogP contribution in [0.2, 0.25) is 0 Å². The van der Waals surface area contributed by atoms with Crippen molar-refractivity contribution in [3.05, 3.63) is 0 Å². The first-order chi connectivity index (χ1) is 3.81. The van der Waals surface area contributed by atoms with Crippen molar-refractivity contribution in [2.24, 2.45) is 5.92 Å². The average Bonchev–Trinajstić information content (AvgIpc) is 1.83. The molecule has 0 aliphatic heterocycles. The summed E-state index contributed by atoms with van der Waals surface area (Å²) in [6.07, 6.45) is 2.00. The number of carbonyl (C=O) groups is 1. The van der Waals surface area contributed by atoms with Crippen LogP contribution in [0.25, 0.3) is 0 Å². The largest absolute Gasteiger partial charge is 0.303 e. The second kappa shape index (κ2) is 4.75.